The van der Waals surface area contributed by atoms with Gasteiger partial charge in [-0.3, -0.25) is 0 Å². The zero-order valence-electron chi connectivity index (χ0n) is 21.4. The molecule has 0 atom stereocenters. The van der Waals surface area contributed by atoms with E-state index >= 15 is 0 Å². The molecule has 1 aliphatic carbocycles. The van der Waals surface area contributed by atoms with Gasteiger partial charge in [-0.05, 0) is 85.4 Å². The number of hydrogen-bond acceptors (Lipinski definition) is 2. The lowest BCUT2D eigenvalue weighted by Gasteiger charge is -2.31. The molecule has 0 radical (unpaired) electrons. The summed E-state index contributed by atoms with van der Waals surface area (Å²) in [6.45, 7) is 13.4. The zero-order valence-corrected chi connectivity index (χ0v) is 24.4. The molecule has 1 aromatic heterocycles. The fraction of sp³-hybridized carbons (Fsp3) is 0.323. The Balaban J connectivity index is 0.00000289. The van der Waals surface area contributed by atoms with Crippen molar-refractivity contribution in [3.8, 4) is 0 Å². The first-order chi connectivity index (χ1) is 16.4. The predicted molar refractivity (Wildman–Crippen MR) is 147 cm³/mol. The highest BCUT2D eigenvalue weighted by Crippen LogP contribution is 2.48. The Bertz CT molecular complexity index is 1350. The monoisotopic (exact) mass is 594 g/mol. The molecule has 2 aliphatic rings. The molecule has 3 aromatic rings. The van der Waals surface area contributed by atoms with E-state index in [1.165, 1.54) is 48.8 Å². The molecule has 0 saturated carbocycles. The summed E-state index contributed by atoms with van der Waals surface area (Å²) in [4.78, 5) is 3.83. The van der Waals surface area contributed by atoms with E-state index in [0.717, 1.165) is 25.9 Å². The van der Waals surface area contributed by atoms with Gasteiger partial charge in [0.15, 0.2) is 6.20 Å². The number of aromatic nitrogens is 1. The lowest BCUT2D eigenvalue weighted by atomic mass is 9.75. The minimum absolute atomic E-state index is 0. The van der Waals surface area contributed by atoms with Crippen molar-refractivity contribution in [3.05, 3.63) is 94.3 Å². The number of rotatable bonds is 4. The number of hydrogen-bond donors (Lipinski definition) is 0. The summed E-state index contributed by atoms with van der Waals surface area (Å²) in [6, 6.07) is 17.8. The molecule has 2 heterocycles. The highest BCUT2D eigenvalue weighted by molar-refractivity contribution is 8.03. The van der Waals surface area contributed by atoms with Crippen LogP contribution in [0.5, 0.6) is 0 Å². The summed E-state index contributed by atoms with van der Waals surface area (Å²) in [5.74, 6) is 0. The number of halogens is 1. The average molecular weight is 595 g/mol. The SMILES string of the molecule is CCN1/C(=C\C2=CC(=C\c3c4ccccc4cc[n+]3CC)/CC(C)(C)C2)Sc2cc(C)ccc21.[I-]. The van der Waals surface area contributed by atoms with Gasteiger partial charge in [0.1, 0.15) is 6.54 Å². The van der Waals surface area contributed by atoms with Gasteiger partial charge in [0.25, 0.3) is 0 Å². The van der Waals surface area contributed by atoms with Gasteiger partial charge in [0.2, 0.25) is 5.69 Å². The molecule has 0 unspecified atom stereocenters. The van der Waals surface area contributed by atoms with Crippen LogP contribution in [0.2, 0.25) is 0 Å². The van der Waals surface area contributed by atoms with Crippen molar-refractivity contribution in [1.29, 1.82) is 0 Å². The summed E-state index contributed by atoms with van der Waals surface area (Å²) in [5.41, 5.74) is 7.06. The molecule has 5 rings (SSSR count). The Morgan fingerprint density at radius 2 is 1.83 bits per heavy atom. The Morgan fingerprint density at radius 3 is 2.60 bits per heavy atom. The van der Waals surface area contributed by atoms with Crippen molar-refractivity contribution in [3.63, 3.8) is 0 Å². The lowest BCUT2D eigenvalue weighted by Crippen LogP contribution is -3.00. The summed E-state index contributed by atoms with van der Waals surface area (Å²) >= 11 is 1.91. The molecule has 0 spiro atoms. The lowest BCUT2D eigenvalue weighted by molar-refractivity contribution is -0.693. The minimum atomic E-state index is 0. The molecule has 0 N–H and O–H groups in total. The van der Waals surface area contributed by atoms with E-state index in [2.05, 4.69) is 117 Å². The number of aryl methyl sites for hydroxylation is 2. The van der Waals surface area contributed by atoms with E-state index in [0.29, 0.717) is 0 Å². The van der Waals surface area contributed by atoms with Crippen molar-refractivity contribution in [2.75, 3.05) is 11.4 Å². The highest BCUT2D eigenvalue weighted by Gasteiger charge is 2.28. The second-order valence-electron chi connectivity index (χ2n) is 10.3. The van der Waals surface area contributed by atoms with Crippen LogP contribution in [0.1, 0.15) is 51.8 Å². The third kappa shape index (κ3) is 5.39. The van der Waals surface area contributed by atoms with Crippen molar-refractivity contribution in [1.82, 2.24) is 0 Å². The first-order valence-electron chi connectivity index (χ1n) is 12.5. The number of thioether (sulfide) groups is 1. The normalized spacial score (nSPS) is 19.1. The molecular formula is C31H35IN2S. The average Bonchev–Trinajstić information content (AvgIpc) is 3.14. The quantitative estimate of drug-likeness (QED) is 0.308. The number of benzene rings is 2. The Labute approximate surface area is 231 Å². The molecule has 0 saturated heterocycles. The van der Waals surface area contributed by atoms with Crippen LogP contribution < -0.4 is 33.4 Å². The van der Waals surface area contributed by atoms with Crippen molar-refractivity contribution in [2.45, 2.75) is 58.9 Å². The molecule has 35 heavy (non-hydrogen) atoms. The Kier molecular flexibility index (Phi) is 7.82. The van der Waals surface area contributed by atoms with Gasteiger partial charge in [-0.2, -0.15) is 4.57 Å². The summed E-state index contributed by atoms with van der Waals surface area (Å²) in [6.07, 6.45) is 11.7. The number of anilines is 1. The summed E-state index contributed by atoms with van der Waals surface area (Å²) < 4.78 is 2.37. The molecular weight excluding hydrogens is 559 g/mol. The molecule has 1 aliphatic heterocycles. The molecule has 4 heteroatoms. The van der Waals surface area contributed by atoms with Gasteiger partial charge in [-0.1, -0.05) is 56.0 Å². The number of pyridine rings is 1. The number of allylic oxidation sites excluding steroid dienone is 4. The second kappa shape index (κ2) is 10.5. The number of nitrogens with zero attached hydrogens (tertiary/aromatic N) is 2. The third-order valence-electron chi connectivity index (χ3n) is 6.89. The molecule has 0 fully saturated rings. The van der Waals surface area contributed by atoms with Crippen molar-refractivity contribution >= 4 is 34.3 Å². The van der Waals surface area contributed by atoms with Crippen LogP contribution >= 0.6 is 11.8 Å². The third-order valence-corrected chi connectivity index (χ3v) is 7.99. The molecule has 2 nitrogen and oxygen atoms in total. The maximum absolute atomic E-state index is 2.46. The van der Waals surface area contributed by atoms with Crippen LogP contribution in [0.25, 0.3) is 16.8 Å². The summed E-state index contributed by atoms with van der Waals surface area (Å²) in [7, 11) is 0. The van der Waals surface area contributed by atoms with Gasteiger partial charge < -0.3 is 28.9 Å². The van der Waals surface area contributed by atoms with Gasteiger partial charge >= 0.3 is 0 Å². The Hall–Kier alpha value is -2.05. The van der Waals surface area contributed by atoms with Crippen molar-refractivity contribution < 1.29 is 28.5 Å². The molecule has 182 valence electrons. The van der Waals surface area contributed by atoms with E-state index in [1.54, 1.807) is 0 Å². The topological polar surface area (TPSA) is 7.12 Å². The second-order valence-corrected chi connectivity index (χ2v) is 11.4. The number of fused-ring (bicyclic) bond motifs is 2. The van der Waals surface area contributed by atoms with Gasteiger partial charge in [0, 0.05) is 23.6 Å². The highest BCUT2D eigenvalue weighted by atomic mass is 127. The fourth-order valence-corrected chi connectivity index (χ4v) is 6.69. The van der Waals surface area contributed by atoms with Gasteiger partial charge in [0.05, 0.1) is 16.1 Å². The first-order valence-corrected chi connectivity index (χ1v) is 13.3. The van der Waals surface area contributed by atoms with Gasteiger partial charge in [-0.15, -0.1) is 0 Å². The van der Waals surface area contributed by atoms with E-state index in [9.17, 15) is 0 Å². The molecule has 2 aromatic carbocycles. The van der Waals surface area contributed by atoms with Crippen LogP contribution in [-0.2, 0) is 6.54 Å². The summed E-state index contributed by atoms with van der Waals surface area (Å²) in [5, 5.41) is 3.97. The van der Waals surface area contributed by atoms with Crippen LogP contribution in [0, 0.1) is 12.3 Å². The van der Waals surface area contributed by atoms with Crippen LogP contribution in [0.3, 0.4) is 0 Å². The Morgan fingerprint density at radius 1 is 1.03 bits per heavy atom. The van der Waals surface area contributed by atoms with E-state index in [4.69, 9.17) is 0 Å². The standard InChI is InChI=1S/C31H35N2S.HI/c1-6-32-15-14-25-10-8-9-11-26(25)28(32)18-23-17-24(21-31(4,5)20-23)19-30-33(7-2)27-13-12-22(3)16-29(27)34-30;/h8-19H,6-7,20-21H2,1-5H3;1H/q+1;/p-1. The maximum Gasteiger partial charge on any atom is 0.213 e. The largest absolute Gasteiger partial charge is 1.00 e. The minimum Gasteiger partial charge on any atom is -1.00 e. The zero-order chi connectivity index (χ0) is 23.9. The predicted octanol–water partition coefficient (Wildman–Crippen LogP) is 5.06. The smallest absolute Gasteiger partial charge is 0.213 e. The van der Waals surface area contributed by atoms with Crippen LogP contribution in [-0.4, -0.2) is 6.54 Å². The van der Waals surface area contributed by atoms with Crippen LogP contribution in [0.15, 0.2) is 88.0 Å². The molecule has 0 bridgehead atoms. The van der Waals surface area contributed by atoms with E-state index in [1.807, 2.05) is 11.8 Å². The van der Waals surface area contributed by atoms with E-state index in [-0.39, 0.29) is 29.4 Å². The van der Waals surface area contributed by atoms with Crippen molar-refractivity contribution in [2.24, 2.45) is 5.41 Å². The van der Waals surface area contributed by atoms with E-state index < -0.39 is 0 Å². The van der Waals surface area contributed by atoms with Crippen LogP contribution in [0.4, 0.5) is 5.69 Å². The maximum atomic E-state index is 2.46. The van der Waals surface area contributed by atoms with Gasteiger partial charge in [-0.25, -0.2) is 0 Å². The fourth-order valence-electron chi connectivity index (χ4n) is 5.39. The first kappa shape index (κ1) is 26.0. The molecule has 0 amide bonds.